The first kappa shape index (κ1) is 28.0. The zero-order chi connectivity index (χ0) is 21.2. The molecule has 0 aliphatic rings. The van der Waals surface area contributed by atoms with E-state index in [1.54, 1.807) is 6.07 Å². The van der Waals surface area contributed by atoms with Gasteiger partial charge in [0, 0.05) is 0 Å². The van der Waals surface area contributed by atoms with E-state index in [2.05, 4.69) is 6.92 Å². The summed E-state index contributed by atoms with van der Waals surface area (Å²) in [6.45, 7) is 3.15. The first-order valence-corrected chi connectivity index (χ1v) is 10.1. The highest BCUT2D eigenvalue weighted by Crippen LogP contribution is 2.38. The number of aliphatic hydroxyl groups excluding tert-OH is 2. The molecule has 29 heavy (non-hydrogen) atoms. The van der Waals surface area contributed by atoms with Gasteiger partial charge < -0.3 is 20.7 Å². The minimum Gasteiger partial charge on any atom is -0.490 e. The highest BCUT2D eigenvalue weighted by Gasteiger charge is 2.35. The van der Waals surface area contributed by atoms with Gasteiger partial charge in [-0.25, -0.2) is 0 Å². The second kappa shape index (κ2) is 13.3. The van der Waals surface area contributed by atoms with Crippen molar-refractivity contribution in [2.45, 2.75) is 83.0 Å². The van der Waals surface area contributed by atoms with Crippen molar-refractivity contribution >= 4 is 12.4 Å². The molecule has 4 nitrogen and oxygen atoms in total. The van der Waals surface area contributed by atoms with Crippen LogP contribution in [-0.2, 0) is 12.6 Å². The molecule has 0 aliphatic heterocycles. The highest BCUT2D eigenvalue weighted by atomic mass is 35.5. The molecule has 4 N–H and O–H groups in total. The number of unbranched alkanes of at least 4 members (excludes halogenated alkanes) is 3. The zero-order valence-corrected chi connectivity index (χ0v) is 18.1. The molecule has 1 aromatic carbocycles. The minimum absolute atomic E-state index is 0. The van der Waals surface area contributed by atoms with Crippen LogP contribution in [0.3, 0.4) is 0 Å². The van der Waals surface area contributed by atoms with Gasteiger partial charge in [0.2, 0.25) is 0 Å². The van der Waals surface area contributed by atoms with Crippen molar-refractivity contribution in [2.75, 3.05) is 13.2 Å². The van der Waals surface area contributed by atoms with E-state index in [4.69, 9.17) is 10.5 Å². The number of aryl methyl sites for hydroxylation is 1. The summed E-state index contributed by atoms with van der Waals surface area (Å²) in [5.74, 6) is -0.151. The number of hydrogen-bond donors (Lipinski definition) is 3. The molecule has 0 saturated heterocycles. The number of rotatable bonds is 13. The third-order valence-electron chi connectivity index (χ3n) is 5.02. The highest BCUT2D eigenvalue weighted by molar-refractivity contribution is 5.85. The summed E-state index contributed by atoms with van der Waals surface area (Å²) in [7, 11) is 0. The maximum absolute atomic E-state index is 13.6. The molecule has 0 fully saturated rings. The van der Waals surface area contributed by atoms with Gasteiger partial charge in [-0.15, -0.1) is 12.4 Å². The Morgan fingerprint density at radius 2 is 1.72 bits per heavy atom. The summed E-state index contributed by atoms with van der Waals surface area (Å²) in [4.78, 5) is 0. The van der Waals surface area contributed by atoms with Crippen LogP contribution in [0.25, 0.3) is 0 Å². The predicted molar refractivity (Wildman–Crippen MR) is 112 cm³/mol. The van der Waals surface area contributed by atoms with Gasteiger partial charge in [-0.05, 0) is 49.8 Å². The lowest BCUT2D eigenvalue weighted by molar-refractivity contribution is -0.139. The van der Waals surface area contributed by atoms with E-state index < -0.39 is 30.5 Å². The topological polar surface area (TPSA) is 75.7 Å². The second-order valence-corrected chi connectivity index (χ2v) is 7.50. The molecule has 0 aromatic heterocycles. The fourth-order valence-corrected chi connectivity index (χ4v) is 2.98. The fourth-order valence-electron chi connectivity index (χ4n) is 2.98. The molecule has 170 valence electrons. The smallest absolute Gasteiger partial charge is 0.419 e. The molecule has 0 spiro atoms. The van der Waals surface area contributed by atoms with Crippen LogP contribution in [0.15, 0.2) is 18.2 Å². The average Bonchev–Trinajstić information content (AvgIpc) is 2.68. The first-order chi connectivity index (χ1) is 13.2. The summed E-state index contributed by atoms with van der Waals surface area (Å²) in [5.41, 5.74) is 4.23. The second-order valence-electron chi connectivity index (χ2n) is 7.50. The lowest BCUT2D eigenvalue weighted by atomic mass is 9.93. The largest absolute Gasteiger partial charge is 0.490 e. The van der Waals surface area contributed by atoms with Crippen LogP contribution in [-0.4, -0.2) is 35.1 Å². The normalized spacial score (nSPS) is 13.1. The Balaban J connectivity index is 0.00000784. The van der Waals surface area contributed by atoms with Crippen molar-refractivity contribution in [3.8, 4) is 5.75 Å². The molecule has 0 bridgehead atoms. The molecule has 0 heterocycles. The molecule has 1 rings (SSSR count). The Morgan fingerprint density at radius 1 is 1.07 bits per heavy atom. The number of benzene rings is 1. The summed E-state index contributed by atoms with van der Waals surface area (Å²) in [6, 6.07) is 4.03. The molecular weight excluding hydrogens is 407 g/mol. The lowest BCUT2D eigenvalue weighted by Crippen LogP contribution is -2.47. The third kappa shape index (κ3) is 9.55. The van der Waals surface area contributed by atoms with Crippen molar-refractivity contribution < 1.29 is 28.1 Å². The van der Waals surface area contributed by atoms with Gasteiger partial charge in [-0.2, -0.15) is 13.2 Å². The number of ether oxygens (including phenoxy) is 1. The van der Waals surface area contributed by atoms with Crippen molar-refractivity contribution in [3.63, 3.8) is 0 Å². The Morgan fingerprint density at radius 3 is 2.24 bits per heavy atom. The Hall–Kier alpha value is -1.02. The van der Waals surface area contributed by atoms with Crippen molar-refractivity contribution in [1.29, 1.82) is 0 Å². The maximum Gasteiger partial charge on any atom is 0.419 e. The summed E-state index contributed by atoms with van der Waals surface area (Å²) >= 11 is 0. The number of halogens is 4. The number of aliphatic hydroxyl groups is 2. The molecule has 1 unspecified atom stereocenters. The molecule has 1 aromatic rings. The zero-order valence-electron chi connectivity index (χ0n) is 17.3. The molecule has 0 aliphatic carbocycles. The number of nitrogens with two attached hydrogens (primary N) is 1. The molecule has 0 amide bonds. The minimum atomic E-state index is -4.53. The van der Waals surface area contributed by atoms with Gasteiger partial charge in [0.15, 0.2) is 0 Å². The van der Waals surface area contributed by atoms with Gasteiger partial charge in [-0.1, -0.05) is 39.2 Å². The van der Waals surface area contributed by atoms with E-state index in [-0.39, 0.29) is 37.1 Å². The number of alkyl halides is 3. The quantitative estimate of drug-likeness (QED) is 0.382. The Bertz CT molecular complexity index is 581. The van der Waals surface area contributed by atoms with E-state index in [0.29, 0.717) is 12.0 Å². The van der Waals surface area contributed by atoms with Crippen LogP contribution < -0.4 is 10.5 Å². The van der Waals surface area contributed by atoms with Crippen LogP contribution in [0.4, 0.5) is 13.2 Å². The SMILES string of the molecule is CCCCCCC(CC)Oc1ccc(CCC(N)(CO)CO)cc1C(F)(F)F.Cl. The van der Waals surface area contributed by atoms with Crippen molar-refractivity contribution in [2.24, 2.45) is 5.73 Å². The molecule has 0 saturated carbocycles. The maximum atomic E-state index is 13.6. The van der Waals surface area contributed by atoms with Gasteiger partial charge in [0.1, 0.15) is 5.75 Å². The summed E-state index contributed by atoms with van der Waals surface area (Å²) < 4.78 is 46.4. The van der Waals surface area contributed by atoms with E-state index in [1.165, 1.54) is 6.07 Å². The summed E-state index contributed by atoms with van der Waals surface area (Å²) in [6.07, 6.45) is 1.21. The van der Waals surface area contributed by atoms with Gasteiger partial charge in [0.25, 0.3) is 0 Å². The molecule has 0 radical (unpaired) electrons. The van der Waals surface area contributed by atoms with Crippen molar-refractivity contribution in [3.05, 3.63) is 29.3 Å². The molecule has 8 heteroatoms. The lowest BCUT2D eigenvalue weighted by Gasteiger charge is -2.25. The Labute approximate surface area is 178 Å². The first-order valence-electron chi connectivity index (χ1n) is 10.1. The standard InChI is InChI=1S/C21H34F3NO3.ClH/c1-3-5-6-7-8-17(4-2)28-19-10-9-16(13-18(19)21(22,23)24)11-12-20(25,14-26)15-27;/h9-10,13,17,26-27H,3-8,11-12,14-15,25H2,1-2H3;1H. The third-order valence-corrected chi connectivity index (χ3v) is 5.02. The van der Waals surface area contributed by atoms with E-state index in [1.807, 2.05) is 6.92 Å². The average molecular weight is 442 g/mol. The van der Waals surface area contributed by atoms with E-state index in [9.17, 15) is 23.4 Å². The van der Waals surface area contributed by atoms with Crippen LogP contribution in [0, 0.1) is 0 Å². The number of hydrogen-bond acceptors (Lipinski definition) is 4. The molecule has 1 atom stereocenters. The van der Waals surface area contributed by atoms with Crippen molar-refractivity contribution in [1.82, 2.24) is 0 Å². The van der Waals surface area contributed by atoms with E-state index >= 15 is 0 Å². The van der Waals surface area contributed by atoms with Crippen LogP contribution in [0.1, 0.15) is 69.9 Å². The Kier molecular flexibility index (Phi) is 12.8. The molecular formula is C21H35ClF3NO3. The van der Waals surface area contributed by atoms with Gasteiger partial charge >= 0.3 is 6.18 Å². The predicted octanol–water partition coefficient (Wildman–Crippen LogP) is 4.87. The van der Waals surface area contributed by atoms with Crippen LogP contribution >= 0.6 is 12.4 Å². The van der Waals surface area contributed by atoms with Gasteiger partial charge in [0.05, 0.1) is 30.4 Å². The van der Waals surface area contributed by atoms with Crippen LogP contribution in [0.5, 0.6) is 5.75 Å². The van der Waals surface area contributed by atoms with E-state index in [0.717, 1.165) is 38.2 Å². The van der Waals surface area contributed by atoms with Gasteiger partial charge in [-0.3, -0.25) is 0 Å². The monoisotopic (exact) mass is 441 g/mol. The summed E-state index contributed by atoms with van der Waals surface area (Å²) in [5, 5.41) is 18.5. The van der Waals surface area contributed by atoms with Crippen LogP contribution in [0.2, 0.25) is 0 Å². The fraction of sp³-hybridized carbons (Fsp3) is 0.714.